The molecule has 0 spiro atoms. The molecule has 4 rings (SSSR count). The molecule has 6 heteroatoms. The number of nitrogens with zero attached hydrogens (tertiary/aromatic N) is 1. The van der Waals surface area contributed by atoms with Gasteiger partial charge in [0.1, 0.15) is 0 Å². The van der Waals surface area contributed by atoms with E-state index in [0.717, 1.165) is 27.8 Å². The molecular formula is C28H31NO4S. The minimum atomic E-state index is -3.88. The number of rotatable bonds is 7. The minimum Gasteiger partial charge on any atom is -0.392 e. The van der Waals surface area contributed by atoms with E-state index in [4.69, 9.17) is 0 Å². The van der Waals surface area contributed by atoms with Crippen molar-refractivity contribution in [1.29, 1.82) is 0 Å². The van der Waals surface area contributed by atoms with Crippen molar-refractivity contribution in [2.45, 2.75) is 64.1 Å². The Kier molecular flexibility index (Phi) is 7.03. The number of sulfonamides is 1. The third-order valence-electron chi connectivity index (χ3n) is 6.61. The van der Waals surface area contributed by atoms with Gasteiger partial charge in [-0.1, -0.05) is 66.2 Å². The number of ketones is 1. The van der Waals surface area contributed by atoms with Crippen molar-refractivity contribution in [3.63, 3.8) is 0 Å². The van der Waals surface area contributed by atoms with Gasteiger partial charge in [0.2, 0.25) is 10.0 Å². The molecule has 1 aliphatic rings. The van der Waals surface area contributed by atoms with Crippen LogP contribution in [0.2, 0.25) is 0 Å². The number of benzene rings is 3. The molecule has 0 radical (unpaired) electrons. The fourth-order valence-corrected chi connectivity index (χ4v) is 6.96. The lowest BCUT2D eigenvalue weighted by Crippen LogP contribution is -2.48. The summed E-state index contributed by atoms with van der Waals surface area (Å²) in [5.74, 6) is -0.0771. The normalized spacial score (nSPS) is 16.3. The zero-order valence-electron chi connectivity index (χ0n) is 19.9. The minimum absolute atomic E-state index is 0.0225. The highest BCUT2D eigenvalue weighted by Gasteiger charge is 2.40. The van der Waals surface area contributed by atoms with Crippen molar-refractivity contribution in [2.24, 2.45) is 0 Å². The van der Waals surface area contributed by atoms with Crippen LogP contribution in [0.4, 0.5) is 0 Å². The lowest BCUT2D eigenvalue weighted by molar-refractivity contribution is -0.123. The van der Waals surface area contributed by atoms with E-state index >= 15 is 0 Å². The van der Waals surface area contributed by atoms with Gasteiger partial charge in [-0.15, -0.1) is 0 Å². The molecule has 34 heavy (non-hydrogen) atoms. The number of aliphatic hydroxyl groups excluding tert-OH is 1. The molecule has 0 saturated heterocycles. The van der Waals surface area contributed by atoms with Crippen molar-refractivity contribution in [1.82, 2.24) is 4.31 Å². The van der Waals surface area contributed by atoms with Gasteiger partial charge in [0.15, 0.2) is 5.78 Å². The van der Waals surface area contributed by atoms with Crippen molar-refractivity contribution in [2.75, 3.05) is 0 Å². The largest absolute Gasteiger partial charge is 0.392 e. The summed E-state index contributed by atoms with van der Waals surface area (Å²) in [7, 11) is -3.88. The van der Waals surface area contributed by atoms with Gasteiger partial charge in [-0.2, -0.15) is 4.31 Å². The molecule has 5 nitrogen and oxygen atoms in total. The number of aliphatic hydroxyl groups is 1. The maximum atomic E-state index is 14.0. The lowest BCUT2D eigenvalue weighted by Gasteiger charge is -2.36. The molecule has 0 aliphatic carbocycles. The Balaban J connectivity index is 1.66. The Bertz CT molecular complexity index is 1290. The van der Waals surface area contributed by atoms with Gasteiger partial charge in [-0.25, -0.2) is 8.42 Å². The summed E-state index contributed by atoms with van der Waals surface area (Å²) >= 11 is 0. The van der Waals surface area contributed by atoms with Gasteiger partial charge >= 0.3 is 0 Å². The smallest absolute Gasteiger partial charge is 0.244 e. The average Bonchev–Trinajstić information content (AvgIpc) is 2.81. The molecule has 0 saturated carbocycles. The van der Waals surface area contributed by atoms with Gasteiger partial charge in [0.05, 0.1) is 17.5 Å². The summed E-state index contributed by atoms with van der Waals surface area (Å²) in [6, 6.07) is 18.3. The predicted octanol–water partition coefficient (Wildman–Crippen LogP) is 4.42. The molecule has 0 amide bonds. The molecule has 1 unspecified atom stereocenters. The zero-order chi connectivity index (χ0) is 24.5. The molecule has 0 bridgehead atoms. The van der Waals surface area contributed by atoms with Gasteiger partial charge < -0.3 is 5.11 Å². The number of aryl methyl sites for hydroxylation is 4. The molecule has 0 fully saturated rings. The number of hydrogen-bond donors (Lipinski definition) is 1. The summed E-state index contributed by atoms with van der Waals surface area (Å²) in [6.45, 7) is 5.75. The number of fused-ring (bicyclic) bond motifs is 1. The lowest BCUT2D eigenvalue weighted by atomic mass is 9.91. The number of carbonyl (C=O) groups excluding carboxylic acids is 1. The average molecular weight is 478 g/mol. The first-order valence-electron chi connectivity index (χ1n) is 11.6. The Morgan fingerprint density at radius 3 is 2.15 bits per heavy atom. The third kappa shape index (κ3) is 4.85. The van der Waals surface area contributed by atoms with Crippen LogP contribution >= 0.6 is 0 Å². The van der Waals surface area contributed by atoms with Gasteiger partial charge in [-0.3, -0.25) is 4.79 Å². The maximum absolute atomic E-state index is 14.0. The van der Waals surface area contributed by atoms with Gasteiger partial charge in [0.25, 0.3) is 0 Å². The second-order valence-corrected chi connectivity index (χ2v) is 11.0. The van der Waals surface area contributed by atoms with Crippen LogP contribution in [-0.4, -0.2) is 29.7 Å². The Labute approximate surface area is 202 Å². The monoisotopic (exact) mass is 477 g/mol. The van der Waals surface area contributed by atoms with Crippen molar-refractivity contribution < 1.29 is 18.3 Å². The highest BCUT2D eigenvalue weighted by Crippen LogP contribution is 2.33. The van der Waals surface area contributed by atoms with E-state index in [1.165, 1.54) is 4.31 Å². The number of carbonyl (C=O) groups is 1. The molecule has 0 aromatic heterocycles. The van der Waals surface area contributed by atoms with Gasteiger partial charge in [-0.05, 0) is 67.0 Å². The van der Waals surface area contributed by atoms with Crippen LogP contribution in [0.5, 0.6) is 0 Å². The Hall–Kier alpha value is -2.80. The molecule has 1 heterocycles. The molecule has 3 aromatic carbocycles. The van der Waals surface area contributed by atoms with E-state index in [1.54, 1.807) is 0 Å². The van der Waals surface area contributed by atoms with Crippen molar-refractivity contribution in [3.8, 4) is 0 Å². The summed E-state index contributed by atoms with van der Waals surface area (Å²) in [4.78, 5) is 13.8. The van der Waals surface area contributed by atoms with Crippen LogP contribution in [0.3, 0.4) is 0 Å². The zero-order valence-corrected chi connectivity index (χ0v) is 20.7. The topological polar surface area (TPSA) is 74.7 Å². The van der Waals surface area contributed by atoms with Crippen LogP contribution in [0.25, 0.3) is 0 Å². The SMILES string of the molecule is Cc1cc(C)c(S(=O)(=O)N2Cc3ccccc3CC2C(=O)CCc2ccc(CO)cc2)c(C)c1. The second-order valence-electron chi connectivity index (χ2n) is 9.21. The summed E-state index contributed by atoms with van der Waals surface area (Å²) in [5, 5.41) is 9.23. The molecular weight excluding hydrogens is 446 g/mol. The van der Waals surface area contributed by atoms with Crippen LogP contribution in [0.15, 0.2) is 65.6 Å². The highest BCUT2D eigenvalue weighted by atomic mass is 32.2. The molecule has 3 aromatic rings. The first kappa shape index (κ1) is 24.3. The van der Waals surface area contributed by atoms with Crippen LogP contribution in [0.1, 0.15) is 45.4 Å². The first-order valence-corrected chi connectivity index (χ1v) is 13.0. The number of hydrogen-bond acceptors (Lipinski definition) is 4. The number of Topliss-reactive ketones (excluding diaryl/α,β-unsaturated/α-hetero) is 1. The molecule has 178 valence electrons. The quantitative estimate of drug-likeness (QED) is 0.547. The second kappa shape index (κ2) is 9.82. The maximum Gasteiger partial charge on any atom is 0.244 e. The summed E-state index contributed by atoms with van der Waals surface area (Å²) in [5.41, 5.74) is 6.19. The standard InChI is InChI=1S/C28H31NO4S/c1-19-14-20(2)28(21(3)15-19)34(32,33)29-17-25-7-5-4-6-24(25)16-26(29)27(31)13-12-22-8-10-23(18-30)11-9-22/h4-11,14-15,26,30H,12-13,16-18H2,1-3H3. The van der Waals surface area contributed by atoms with Crippen LogP contribution in [-0.2, 0) is 40.8 Å². The fraction of sp³-hybridized carbons (Fsp3) is 0.321. The van der Waals surface area contributed by atoms with E-state index in [-0.39, 0.29) is 25.4 Å². The highest BCUT2D eigenvalue weighted by molar-refractivity contribution is 7.89. The van der Waals surface area contributed by atoms with Crippen LogP contribution in [0, 0.1) is 20.8 Å². The van der Waals surface area contributed by atoms with Gasteiger partial charge in [0, 0.05) is 13.0 Å². The first-order chi connectivity index (χ1) is 16.2. The van der Waals surface area contributed by atoms with E-state index < -0.39 is 16.1 Å². The van der Waals surface area contributed by atoms with E-state index in [2.05, 4.69) is 0 Å². The molecule has 1 aliphatic heterocycles. The van der Waals surface area contributed by atoms with E-state index in [9.17, 15) is 18.3 Å². The summed E-state index contributed by atoms with van der Waals surface area (Å²) < 4.78 is 29.3. The molecule has 1 N–H and O–H groups in total. The Morgan fingerprint density at radius 1 is 0.941 bits per heavy atom. The Morgan fingerprint density at radius 2 is 1.53 bits per heavy atom. The fourth-order valence-electron chi connectivity index (χ4n) is 4.96. The predicted molar refractivity (Wildman–Crippen MR) is 133 cm³/mol. The van der Waals surface area contributed by atoms with E-state index in [1.807, 2.05) is 81.4 Å². The third-order valence-corrected chi connectivity index (χ3v) is 8.77. The summed E-state index contributed by atoms with van der Waals surface area (Å²) in [6.07, 6.45) is 1.16. The van der Waals surface area contributed by atoms with Crippen LogP contribution < -0.4 is 0 Å². The van der Waals surface area contributed by atoms with E-state index in [0.29, 0.717) is 28.9 Å². The van der Waals surface area contributed by atoms with Crippen molar-refractivity contribution in [3.05, 3.63) is 99.6 Å². The van der Waals surface area contributed by atoms with Crippen molar-refractivity contribution >= 4 is 15.8 Å². The molecule has 1 atom stereocenters.